The van der Waals surface area contributed by atoms with Crippen LogP contribution in [0.3, 0.4) is 0 Å². The van der Waals surface area contributed by atoms with Crippen LogP contribution in [0.15, 0.2) is 23.8 Å². The van der Waals surface area contributed by atoms with E-state index in [0.717, 1.165) is 12.1 Å². The molecule has 2 rings (SSSR count). The van der Waals surface area contributed by atoms with Gasteiger partial charge in [-0.1, -0.05) is 17.7 Å². The SMILES string of the molecule is CC1(C)OC(=O)C(=Cc2ccc(Cl)cc2C(F)(F)F)C(=O)O1. The molecule has 1 aliphatic heterocycles. The van der Waals surface area contributed by atoms with Crippen molar-refractivity contribution in [1.29, 1.82) is 0 Å². The second kappa shape index (κ2) is 5.31. The van der Waals surface area contributed by atoms with Crippen LogP contribution in [0.25, 0.3) is 6.08 Å². The number of rotatable bonds is 1. The number of cyclic esters (lactones) is 2. The largest absolute Gasteiger partial charge is 0.419 e. The maximum absolute atomic E-state index is 13.0. The Hall–Kier alpha value is -2.02. The summed E-state index contributed by atoms with van der Waals surface area (Å²) < 4.78 is 48.6. The molecule has 0 spiro atoms. The fourth-order valence-electron chi connectivity index (χ4n) is 1.83. The van der Waals surface area contributed by atoms with E-state index in [1.54, 1.807) is 0 Å². The molecule has 0 saturated carbocycles. The molecule has 4 nitrogen and oxygen atoms in total. The Morgan fingerprint density at radius 2 is 1.68 bits per heavy atom. The molecule has 1 saturated heterocycles. The highest BCUT2D eigenvalue weighted by Crippen LogP contribution is 2.35. The molecule has 22 heavy (non-hydrogen) atoms. The summed E-state index contributed by atoms with van der Waals surface area (Å²) in [5.74, 6) is -3.56. The fraction of sp³-hybridized carbons (Fsp3) is 0.286. The Morgan fingerprint density at radius 3 is 2.18 bits per heavy atom. The minimum atomic E-state index is -4.70. The Labute approximate surface area is 128 Å². The minimum Gasteiger partial charge on any atom is -0.419 e. The number of halogens is 4. The van der Waals surface area contributed by atoms with E-state index in [1.165, 1.54) is 19.9 Å². The zero-order chi connectivity index (χ0) is 16.7. The van der Waals surface area contributed by atoms with Gasteiger partial charge < -0.3 is 9.47 Å². The number of carbonyl (C=O) groups excluding carboxylic acids is 2. The molecule has 0 unspecified atom stereocenters. The second-order valence-electron chi connectivity index (χ2n) is 4.97. The van der Waals surface area contributed by atoms with Gasteiger partial charge in [-0.3, -0.25) is 0 Å². The lowest BCUT2D eigenvalue weighted by atomic mass is 10.0. The van der Waals surface area contributed by atoms with Crippen LogP contribution >= 0.6 is 11.6 Å². The lowest BCUT2D eigenvalue weighted by Gasteiger charge is -2.29. The van der Waals surface area contributed by atoms with Crippen molar-refractivity contribution >= 4 is 29.6 Å². The molecule has 0 amide bonds. The van der Waals surface area contributed by atoms with E-state index >= 15 is 0 Å². The molecule has 1 heterocycles. The number of hydrogen-bond donors (Lipinski definition) is 0. The van der Waals surface area contributed by atoms with E-state index in [0.29, 0.717) is 6.07 Å². The predicted octanol–water partition coefficient (Wildman–Crippen LogP) is 3.58. The standard InChI is InChI=1S/C14H10ClF3O4/c1-13(2)21-11(19)9(12(20)22-13)5-7-3-4-8(15)6-10(7)14(16,17)18/h3-6H,1-2H3. The van der Waals surface area contributed by atoms with Gasteiger partial charge in [-0.05, 0) is 23.8 Å². The molecular formula is C14H10ClF3O4. The van der Waals surface area contributed by atoms with Crippen LogP contribution in [0.2, 0.25) is 5.02 Å². The molecule has 1 aromatic rings. The van der Waals surface area contributed by atoms with Gasteiger partial charge in [0.2, 0.25) is 0 Å². The van der Waals surface area contributed by atoms with E-state index in [1.807, 2.05) is 0 Å². The lowest BCUT2D eigenvalue weighted by Crippen LogP contribution is -2.41. The van der Waals surface area contributed by atoms with Crippen molar-refractivity contribution in [3.05, 3.63) is 39.9 Å². The molecular weight excluding hydrogens is 325 g/mol. The van der Waals surface area contributed by atoms with Gasteiger partial charge in [0.05, 0.1) is 5.56 Å². The average molecular weight is 335 g/mol. The topological polar surface area (TPSA) is 52.6 Å². The number of ether oxygens (including phenoxy) is 2. The number of benzene rings is 1. The van der Waals surface area contributed by atoms with E-state index in [2.05, 4.69) is 0 Å². The van der Waals surface area contributed by atoms with Crippen molar-refractivity contribution < 1.29 is 32.2 Å². The van der Waals surface area contributed by atoms with Crippen molar-refractivity contribution in [1.82, 2.24) is 0 Å². The van der Waals surface area contributed by atoms with Gasteiger partial charge in [0.15, 0.2) is 0 Å². The van der Waals surface area contributed by atoms with E-state index in [9.17, 15) is 22.8 Å². The summed E-state index contributed by atoms with van der Waals surface area (Å²) in [6.07, 6.45) is -3.92. The van der Waals surface area contributed by atoms with Crippen LogP contribution in [0.5, 0.6) is 0 Å². The van der Waals surface area contributed by atoms with Gasteiger partial charge >= 0.3 is 18.1 Å². The highest BCUT2D eigenvalue weighted by Gasteiger charge is 2.40. The van der Waals surface area contributed by atoms with Crippen molar-refractivity contribution in [2.24, 2.45) is 0 Å². The molecule has 0 N–H and O–H groups in total. The summed E-state index contributed by atoms with van der Waals surface area (Å²) in [5, 5.41) is -0.121. The van der Waals surface area contributed by atoms with Crippen LogP contribution < -0.4 is 0 Å². The number of esters is 2. The van der Waals surface area contributed by atoms with Crippen LogP contribution in [-0.4, -0.2) is 17.7 Å². The molecule has 1 aromatic carbocycles. The summed E-state index contributed by atoms with van der Waals surface area (Å²) >= 11 is 5.56. The smallest absolute Gasteiger partial charge is 0.417 e. The molecule has 0 atom stereocenters. The quantitative estimate of drug-likeness (QED) is 0.447. The highest BCUT2D eigenvalue weighted by atomic mass is 35.5. The highest BCUT2D eigenvalue weighted by molar-refractivity contribution is 6.30. The third-order valence-electron chi connectivity index (χ3n) is 2.74. The first-order chi connectivity index (χ1) is 9.99. The van der Waals surface area contributed by atoms with Crippen molar-refractivity contribution in [3.8, 4) is 0 Å². The molecule has 0 radical (unpaired) electrons. The summed E-state index contributed by atoms with van der Waals surface area (Å²) in [6.45, 7) is 2.67. The van der Waals surface area contributed by atoms with E-state index < -0.39 is 35.0 Å². The van der Waals surface area contributed by atoms with Crippen molar-refractivity contribution in [2.45, 2.75) is 25.8 Å². The van der Waals surface area contributed by atoms with Crippen LogP contribution in [0, 0.1) is 0 Å². The summed E-state index contributed by atoms with van der Waals surface area (Å²) in [4.78, 5) is 23.5. The first-order valence-corrected chi connectivity index (χ1v) is 6.42. The zero-order valence-electron chi connectivity index (χ0n) is 11.5. The molecule has 8 heteroatoms. The van der Waals surface area contributed by atoms with Gasteiger partial charge in [0.25, 0.3) is 5.79 Å². The zero-order valence-corrected chi connectivity index (χ0v) is 12.2. The van der Waals surface area contributed by atoms with Crippen molar-refractivity contribution in [2.75, 3.05) is 0 Å². The molecule has 0 aromatic heterocycles. The van der Waals surface area contributed by atoms with E-state index in [4.69, 9.17) is 21.1 Å². The monoisotopic (exact) mass is 334 g/mol. The molecule has 0 bridgehead atoms. The van der Waals surface area contributed by atoms with Gasteiger partial charge in [0, 0.05) is 18.9 Å². The summed E-state index contributed by atoms with van der Waals surface area (Å²) in [5.41, 5.74) is -2.08. The summed E-state index contributed by atoms with van der Waals surface area (Å²) in [6, 6.07) is 2.97. The third kappa shape index (κ3) is 3.41. The number of carbonyl (C=O) groups is 2. The predicted molar refractivity (Wildman–Crippen MR) is 70.7 cm³/mol. The van der Waals surface area contributed by atoms with Gasteiger partial charge in [-0.25, -0.2) is 9.59 Å². The minimum absolute atomic E-state index is 0.121. The van der Waals surface area contributed by atoms with Crippen LogP contribution in [-0.2, 0) is 25.2 Å². The van der Waals surface area contributed by atoms with Gasteiger partial charge in [-0.2, -0.15) is 13.2 Å². The third-order valence-corrected chi connectivity index (χ3v) is 2.97. The normalized spacial score (nSPS) is 17.8. The van der Waals surface area contributed by atoms with Gasteiger partial charge in [0.1, 0.15) is 5.57 Å². The second-order valence-corrected chi connectivity index (χ2v) is 5.40. The molecule has 118 valence electrons. The first kappa shape index (κ1) is 16.4. The molecule has 0 aliphatic carbocycles. The summed E-state index contributed by atoms with van der Waals surface area (Å²) in [7, 11) is 0. The number of alkyl halides is 3. The van der Waals surface area contributed by atoms with Crippen molar-refractivity contribution in [3.63, 3.8) is 0 Å². The maximum Gasteiger partial charge on any atom is 0.417 e. The maximum atomic E-state index is 13.0. The van der Waals surface area contributed by atoms with E-state index in [-0.39, 0.29) is 10.6 Å². The average Bonchev–Trinajstić information content (AvgIpc) is 2.32. The fourth-order valence-corrected chi connectivity index (χ4v) is 2.01. The Kier molecular flexibility index (Phi) is 3.95. The Balaban J connectivity index is 2.50. The molecule has 1 fully saturated rings. The number of hydrogen-bond acceptors (Lipinski definition) is 4. The first-order valence-electron chi connectivity index (χ1n) is 6.05. The lowest BCUT2D eigenvalue weighted by molar-refractivity contribution is -0.222. The van der Waals surface area contributed by atoms with Gasteiger partial charge in [-0.15, -0.1) is 0 Å². The van der Waals surface area contributed by atoms with Crippen LogP contribution in [0.1, 0.15) is 25.0 Å². The van der Waals surface area contributed by atoms with Crippen LogP contribution in [0.4, 0.5) is 13.2 Å². The Bertz CT molecular complexity index is 655. The Morgan fingerprint density at radius 1 is 1.14 bits per heavy atom. The molecule has 1 aliphatic rings.